The summed E-state index contributed by atoms with van der Waals surface area (Å²) in [6.07, 6.45) is 0. The molecule has 1 aromatic carbocycles. The number of alkyl halides is 1. The molecule has 0 bridgehead atoms. The molecule has 5 heteroatoms. The van der Waals surface area contributed by atoms with Crippen LogP contribution in [-0.4, -0.2) is 29.7 Å². The van der Waals surface area contributed by atoms with Crippen LogP contribution in [0, 0.1) is 12.8 Å². The van der Waals surface area contributed by atoms with Gasteiger partial charge in [-0.25, -0.2) is 0 Å². The molecule has 0 aliphatic heterocycles. The lowest BCUT2D eigenvalue weighted by molar-refractivity contribution is -0.121. The predicted octanol–water partition coefficient (Wildman–Crippen LogP) is 2.26. The highest BCUT2D eigenvalue weighted by molar-refractivity contribution is 9.10. The second-order valence-corrected chi connectivity index (χ2v) is 6.05. The largest absolute Gasteiger partial charge is 0.353 e. The lowest BCUT2D eigenvalue weighted by Crippen LogP contribution is -2.39. The summed E-state index contributed by atoms with van der Waals surface area (Å²) < 4.78 is 0. The molecule has 0 fully saturated rings. The fraction of sp³-hybridized carbons (Fsp3) is 0.467. The molecule has 0 aliphatic carbocycles. The number of hydrogen-bond acceptors (Lipinski definition) is 2. The summed E-state index contributed by atoms with van der Waals surface area (Å²) in [6, 6.07) is 7.37. The molecule has 0 heterocycles. The highest BCUT2D eigenvalue weighted by atomic mass is 79.9. The topological polar surface area (TPSA) is 58.2 Å². The molecule has 4 nitrogen and oxygen atoms in total. The minimum absolute atomic E-state index is 0.0513. The van der Waals surface area contributed by atoms with Gasteiger partial charge in [-0.1, -0.05) is 47.5 Å². The summed E-state index contributed by atoms with van der Waals surface area (Å²) in [5, 5.41) is 5.55. The molecule has 1 atom stereocenters. The molecule has 0 saturated heterocycles. The van der Waals surface area contributed by atoms with Gasteiger partial charge in [0, 0.05) is 18.7 Å². The molecule has 110 valence electrons. The first-order valence-corrected chi connectivity index (χ1v) is 7.60. The maximum Gasteiger partial charge on any atom is 0.251 e. The molecule has 20 heavy (non-hydrogen) atoms. The SMILES string of the molecule is Cc1ccc(C(=O)NCCNC(=O)C(Br)C(C)C)cc1. The summed E-state index contributed by atoms with van der Waals surface area (Å²) in [7, 11) is 0. The van der Waals surface area contributed by atoms with Crippen LogP contribution in [0.15, 0.2) is 24.3 Å². The van der Waals surface area contributed by atoms with Gasteiger partial charge in [-0.15, -0.1) is 0 Å². The van der Waals surface area contributed by atoms with E-state index in [1.54, 1.807) is 12.1 Å². The van der Waals surface area contributed by atoms with E-state index in [-0.39, 0.29) is 22.6 Å². The quantitative estimate of drug-likeness (QED) is 0.616. The molecule has 1 unspecified atom stereocenters. The van der Waals surface area contributed by atoms with Crippen molar-refractivity contribution in [3.8, 4) is 0 Å². The van der Waals surface area contributed by atoms with Gasteiger partial charge in [-0.05, 0) is 25.0 Å². The number of hydrogen-bond donors (Lipinski definition) is 2. The van der Waals surface area contributed by atoms with Crippen LogP contribution in [0.3, 0.4) is 0 Å². The van der Waals surface area contributed by atoms with Gasteiger partial charge in [0.2, 0.25) is 5.91 Å². The van der Waals surface area contributed by atoms with Crippen molar-refractivity contribution in [1.29, 1.82) is 0 Å². The van der Waals surface area contributed by atoms with Gasteiger partial charge >= 0.3 is 0 Å². The lowest BCUT2D eigenvalue weighted by Gasteiger charge is -2.14. The predicted molar refractivity (Wildman–Crippen MR) is 84.1 cm³/mol. The van der Waals surface area contributed by atoms with Crippen LogP contribution in [0.5, 0.6) is 0 Å². The average molecular weight is 341 g/mol. The number of nitrogens with one attached hydrogen (secondary N) is 2. The van der Waals surface area contributed by atoms with E-state index in [0.29, 0.717) is 18.7 Å². The van der Waals surface area contributed by atoms with Crippen molar-refractivity contribution < 1.29 is 9.59 Å². The van der Waals surface area contributed by atoms with Crippen LogP contribution in [0.4, 0.5) is 0 Å². The third kappa shape index (κ3) is 5.33. The minimum Gasteiger partial charge on any atom is -0.353 e. The van der Waals surface area contributed by atoms with Gasteiger partial charge in [-0.2, -0.15) is 0 Å². The molecular formula is C15H21BrN2O2. The average Bonchev–Trinajstić information content (AvgIpc) is 2.42. The van der Waals surface area contributed by atoms with E-state index in [0.717, 1.165) is 5.56 Å². The molecular weight excluding hydrogens is 320 g/mol. The molecule has 2 N–H and O–H groups in total. The van der Waals surface area contributed by atoms with Crippen molar-refractivity contribution in [1.82, 2.24) is 10.6 Å². The Bertz CT molecular complexity index is 457. The van der Waals surface area contributed by atoms with Gasteiger partial charge in [0.1, 0.15) is 0 Å². The van der Waals surface area contributed by atoms with E-state index in [9.17, 15) is 9.59 Å². The monoisotopic (exact) mass is 340 g/mol. The molecule has 0 radical (unpaired) electrons. The third-order valence-electron chi connectivity index (χ3n) is 2.86. The second kappa shape index (κ2) is 8.04. The number of aryl methyl sites for hydroxylation is 1. The van der Waals surface area contributed by atoms with Gasteiger partial charge in [-0.3, -0.25) is 9.59 Å². The molecule has 0 spiro atoms. The van der Waals surface area contributed by atoms with Crippen LogP contribution in [-0.2, 0) is 4.79 Å². The first-order valence-electron chi connectivity index (χ1n) is 6.68. The Morgan fingerprint density at radius 3 is 2.20 bits per heavy atom. The van der Waals surface area contributed by atoms with E-state index in [2.05, 4.69) is 26.6 Å². The van der Waals surface area contributed by atoms with Crippen LogP contribution in [0.25, 0.3) is 0 Å². The Morgan fingerprint density at radius 2 is 1.65 bits per heavy atom. The van der Waals surface area contributed by atoms with Gasteiger partial charge in [0.05, 0.1) is 4.83 Å². The zero-order valence-corrected chi connectivity index (χ0v) is 13.7. The van der Waals surface area contributed by atoms with E-state index < -0.39 is 0 Å². The molecule has 0 saturated carbocycles. The van der Waals surface area contributed by atoms with Gasteiger partial charge < -0.3 is 10.6 Å². The normalized spacial score (nSPS) is 12.1. The Labute approximate surface area is 128 Å². The molecule has 0 aromatic heterocycles. The first kappa shape index (κ1) is 16.7. The summed E-state index contributed by atoms with van der Waals surface area (Å²) in [5.41, 5.74) is 1.74. The zero-order valence-electron chi connectivity index (χ0n) is 12.1. The van der Waals surface area contributed by atoms with E-state index in [1.165, 1.54) is 0 Å². The number of rotatable bonds is 6. The maximum absolute atomic E-state index is 11.8. The fourth-order valence-corrected chi connectivity index (χ4v) is 1.73. The van der Waals surface area contributed by atoms with Gasteiger partial charge in [0.15, 0.2) is 0 Å². The van der Waals surface area contributed by atoms with Crippen molar-refractivity contribution >= 4 is 27.7 Å². The van der Waals surface area contributed by atoms with Crippen molar-refractivity contribution in [3.63, 3.8) is 0 Å². The fourth-order valence-electron chi connectivity index (χ4n) is 1.57. The van der Waals surface area contributed by atoms with Crippen LogP contribution in [0.1, 0.15) is 29.8 Å². The molecule has 1 aromatic rings. The second-order valence-electron chi connectivity index (χ2n) is 5.06. The Kier molecular flexibility index (Phi) is 6.71. The number of amides is 2. The summed E-state index contributed by atoms with van der Waals surface area (Å²) in [6.45, 7) is 6.75. The summed E-state index contributed by atoms with van der Waals surface area (Å²) in [5.74, 6) is 0.0558. The number of carbonyl (C=O) groups excluding carboxylic acids is 2. The number of carbonyl (C=O) groups is 2. The Morgan fingerprint density at radius 1 is 1.10 bits per heavy atom. The van der Waals surface area contributed by atoms with Crippen LogP contribution >= 0.6 is 15.9 Å². The Balaban J connectivity index is 2.29. The third-order valence-corrected chi connectivity index (χ3v) is 4.33. The van der Waals surface area contributed by atoms with Gasteiger partial charge in [0.25, 0.3) is 5.91 Å². The molecule has 0 aliphatic rings. The Hall–Kier alpha value is -1.36. The summed E-state index contributed by atoms with van der Waals surface area (Å²) >= 11 is 3.33. The highest BCUT2D eigenvalue weighted by Crippen LogP contribution is 2.11. The van der Waals surface area contributed by atoms with E-state index >= 15 is 0 Å². The smallest absolute Gasteiger partial charge is 0.251 e. The highest BCUT2D eigenvalue weighted by Gasteiger charge is 2.17. The first-order chi connectivity index (χ1) is 9.41. The van der Waals surface area contributed by atoms with E-state index in [1.807, 2.05) is 32.9 Å². The van der Waals surface area contributed by atoms with Crippen molar-refractivity contribution in [3.05, 3.63) is 35.4 Å². The van der Waals surface area contributed by atoms with Crippen LogP contribution in [0.2, 0.25) is 0 Å². The maximum atomic E-state index is 11.8. The lowest BCUT2D eigenvalue weighted by atomic mass is 10.1. The zero-order chi connectivity index (χ0) is 15.1. The van der Waals surface area contributed by atoms with Crippen molar-refractivity contribution in [2.45, 2.75) is 25.6 Å². The molecule has 1 rings (SSSR count). The standard InChI is InChI=1S/C15H21BrN2O2/c1-10(2)13(16)15(20)18-9-8-17-14(19)12-6-4-11(3)5-7-12/h4-7,10,13H,8-9H2,1-3H3,(H,17,19)(H,18,20). The van der Waals surface area contributed by atoms with Crippen LogP contribution < -0.4 is 10.6 Å². The number of halogens is 1. The molecule has 2 amide bonds. The minimum atomic E-state index is -0.199. The van der Waals surface area contributed by atoms with E-state index in [4.69, 9.17) is 0 Å². The van der Waals surface area contributed by atoms with Crippen molar-refractivity contribution in [2.24, 2.45) is 5.92 Å². The number of benzene rings is 1. The van der Waals surface area contributed by atoms with Crippen molar-refractivity contribution in [2.75, 3.05) is 13.1 Å². The summed E-state index contributed by atoms with van der Waals surface area (Å²) in [4.78, 5) is 23.3.